The fourth-order valence-corrected chi connectivity index (χ4v) is 2.39. The van der Waals surface area contributed by atoms with Crippen LogP contribution in [-0.4, -0.2) is 33.7 Å². The number of hydrogen-bond donors (Lipinski definition) is 1. The highest BCUT2D eigenvalue weighted by Gasteiger charge is 2.16. The summed E-state index contributed by atoms with van der Waals surface area (Å²) in [6, 6.07) is 10.1. The van der Waals surface area contributed by atoms with E-state index >= 15 is 0 Å². The second kappa shape index (κ2) is 5.09. The van der Waals surface area contributed by atoms with Gasteiger partial charge in [-0.3, -0.25) is 0 Å². The van der Waals surface area contributed by atoms with E-state index in [2.05, 4.69) is 9.97 Å². The summed E-state index contributed by atoms with van der Waals surface area (Å²) in [6.07, 6.45) is 3.54. The molecule has 1 unspecified atom stereocenters. The van der Waals surface area contributed by atoms with Crippen LogP contribution < -0.4 is 4.90 Å². The minimum atomic E-state index is 0.0307. The zero-order chi connectivity index (χ0) is 15.0. The fourth-order valence-electron chi connectivity index (χ4n) is 2.39. The van der Waals surface area contributed by atoms with Gasteiger partial charge in [-0.25, -0.2) is 9.97 Å². The molecule has 1 N–H and O–H groups in total. The van der Waals surface area contributed by atoms with E-state index in [9.17, 15) is 5.11 Å². The molecule has 0 saturated carbocycles. The number of benzene rings is 1. The lowest BCUT2D eigenvalue weighted by molar-refractivity contribution is 0.412. The maximum atomic E-state index is 10.4. The largest absolute Gasteiger partial charge is 0.494 e. The Labute approximate surface area is 123 Å². The monoisotopic (exact) mass is 282 g/mol. The molecule has 0 aliphatic rings. The summed E-state index contributed by atoms with van der Waals surface area (Å²) >= 11 is 0. The molecular weight excluding hydrogens is 264 g/mol. The summed E-state index contributed by atoms with van der Waals surface area (Å²) in [7, 11) is 3.79. The number of rotatable bonds is 3. The highest BCUT2D eigenvalue weighted by Crippen LogP contribution is 2.31. The molecule has 0 aliphatic carbocycles. The number of nitrogens with zero attached hydrogens (tertiary/aromatic N) is 4. The molecule has 0 amide bonds. The quantitative estimate of drug-likeness (QED) is 0.802. The molecule has 108 valence electrons. The first-order chi connectivity index (χ1) is 10.1. The molecule has 0 radical (unpaired) electrons. The molecule has 0 spiro atoms. The topological polar surface area (TPSA) is 54.2 Å². The highest BCUT2D eigenvalue weighted by atomic mass is 16.3. The number of aromatic hydroxyl groups is 1. The minimum absolute atomic E-state index is 0.0307. The van der Waals surface area contributed by atoms with Crippen LogP contribution in [0, 0.1) is 0 Å². The van der Waals surface area contributed by atoms with Crippen molar-refractivity contribution in [2.75, 3.05) is 19.0 Å². The van der Waals surface area contributed by atoms with Gasteiger partial charge in [-0.15, -0.1) is 0 Å². The summed E-state index contributed by atoms with van der Waals surface area (Å²) in [4.78, 5) is 10.6. The third kappa shape index (κ3) is 2.31. The predicted molar refractivity (Wildman–Crippen MR) is 83.8 cm³/mol. The molecule has 3 rings (SSSR count). The van der Waals surface area contributed by atoms with Crippen molar-refractivity contribution in [1.82, 2.24) is 14.5 Å². The van der Waals surface area contributed by atoms with Gasteiger partial charge in [0.15, 0.2) is 0 Å². The lowest BCUT2D eigenvalue weighted by atomic mass is 10.1. The fraction of sp³-hybridized carbons (Fsp3) is 0.250. The Morgan fingerprint density at radius 3 is 2.57 bits per heavy atom. The van der Waals surface area contributed by atoms with Crippen LogP contribution in [0.25, 0.3) is 10.9 Å². The van der Waals surface area contributed by atoms with Crippen LogP contribution in [0.5, 0.6) is 5.88 Å². The maximum Gasteiger partial charge on any atom is 0.225 e. The normalized spacial score (nSPS) is 12.5. The minimum Gasteiger partial charge on any atom is -0.494 e. The Kier molecular flexibility index (Phi) is 3.25. The third-order valence-electron chi connectivity index (χ3n) is 3.65. The first-order valence-corrected chi connectivity index (χ1v) is 6.86. The summed E-state index contributed by atoms with van der Waals surface area (Å²) in [5, 5.41) is 11.1. The molecule has 5 nitrogen and oxygen atoms in total. The second-order valence-electron chi connectivity index (χ2n) is 5.31. The van der Waals surface area contributed by atoms with E-state index in [-0.39, 0.29) is 11.9 Å². The first-order valence-electron chi connectivity index (χ1n) is 6.86. The summed E-state index contributed by atoms with van der Waals surface area (Å²) in [5.41, 5.74) is 1.88. The highest BCUT2D eigenvalue weighted by molar-refractivity contribution is 5.84. The average molecular weight is 282 g/mol. The molecule has 0 aliphatic heterocycles. The molecule has 1 atom stereocenters. The predicted octanol–water partition coefficient (Wildman–Crippen LogP) is 2.81. The van der Waals surface area contributed by atoms with Crippen molar-refractivity contribution in [3.05, 3.63) is 48.3 Å². The van der Waals surface area contributed by atoms with Gasteiger partial charge in [0.05, 0.1) is 16.9 Å². The zero-order valence-electron chi connectivity index (χ0n) is 12.4. The maximum absolute atomic E-state index is 10.4. The van der Waals surface area contributed by atoms with E-state index in [1.54, 1.807) is 6.20 Å². The number of hydrogen-bond acceptors (Lipinski definition) is 4. The standard InChI is InChI=1S/C16H18N4O/c1-11(12-7-5-4-6-8-12)20-10-14-13(15(20)21)9-17-16(18-14)19(2)3/h4-11,21H,1-3H3. The van der Waals surface area contributed by atoms with Crippen LogP contribution in [-0.2, 0) is 0 Å². The molecule has 0 fully saturated rings. The number of aromatic nitrogens is 3. The van der Waals surface area contributed by atoms with Crippen molar-refractivity contribution in [2.45, 2.75) is 13.0 Å². The lowest BCUT2D eigenvalue weighted by Crippen LogP contribution is -2.12. The summed E-state index contributed by atoms with van der Waals surface area (Å²) in [6.45, 7) is 2.05. The van der Waals surface area contributed by atoms with Crippen molar-refractivity contribution in [1.29, 1.82) is 0 Å². The average Bonchev–Trinajstić information content (AvgIpc) is 2.84. The molecule has 1 aromatic carbocycles. The van der Waals surface area contributed by atoms with Gasteiger partial charge in [0.2, 0.25) is 11.8 Å². The van der Waals surface area contributed by atoms with Gasteiger partial charge in [-0.05, 0) is 12.5 Å². The summed E-state index contributed by atoms with van der Waals surface area (Å²) < 4.78 is 1.83. The van der Waals surface area contributed by atoms with Crippen LogP contribution >= 0.6 is 0 Å². The molecule has 2 heterocycles. The van der Waals surface area contributed by atoms with Gasteiger partial charge in [0.1, 0.15) is 0 Å². The Morgan fingerprint density at radius 1 is 1.19 bits per heavy atom. The van der Waals surface area contributed by atoms with E-state index in [1.807, 2.05) is 67.0 Å². The Hall–Kier alpha value is -2.56. The Balaban J connectivity index is 2.09. The van der Waals surface area contributed by atoms with E-state index in [0.717, 1.165) is 11.1 Å². The van der Waals surface area contributed by atoms with E-state index in [1.165, 1.54) is 0 Å². The molecule has 2 aromatic heterocycles. The van der Waals surface area contributed by atoms with Crippen molar-refractivity contribution < 1.29 is 5.11 Å². The van der Waals surface area contributed by atoms with Crippen LogP contribution in [0.4, 0.5) is 5.95 Å². The first kappa shape index (κ1) is 13.4. The summed E-state index contributed by atoms with van der Waals surface area (Å²) in [5.74, 6) is 0.832. The van der Waals surface area contributed by atoms with Gasteiger partial charge >= 0.3 is 0 Å². The van der Waals surface area contributed by atoms with Gasteiger partial charge in [-0.2, -0.15) is 0 Å². The van der Waals surface area contributed by atoms with Crippen LogP contribution in [0.1, 0.15) is 18.5 Å². The van der Waals surface area contributed by atoms with Crippen LogP contribution in [0.15, 0.2) is 42.7 Å². The zero-order valence-corrected chi connectivity index (χ0v) is 12.4. The van der Waals surface area contributed by atoms with Crippen molar-refractivity contribution in [3.63, 3.8) is 0 Å². The van der Waals surface area contributed by atoms with Crippen molar-refractivity contribution in [3.8, 4) is 5.88 Å². The molecule has 21 heavy (non-hydrogen) atoms. The van der Waals surface area contributed by atoms with E-state index in [0.29, 0.717) is 11.3 Å². The van der Waals surface area contributed by atoms with Crippen LogP contribution in [0.3, 0.4) is 0 Å². The van der Waals surface area contributed by atoms with E-state index in [4.69, 9.17) is 0 Å². The second-order valence-corrected chi connectivity index (χ2v) is 5.31. The van der Waals surface area contributed by atoms with Gasteiger partial charge in [0, 0.05) is 26.5 Å². The smallest absolute Gasteiger partial charge is 0.225 e. The SMILES string of the molecule is CC(c1ccccc1)n1cc2nc(N(C)C)ncc2c1O. The lowest BCUT2D eigenvalue weighted by Gasteiger charge is -2.14. The number of fused-ring (bicyclic) bond motifs is 1. The molecule has 0 saturated heterocycles. The van der Waals surface area contributed by atoms with Gasteiger partial charge in [-0.1, -0.05) is 30.3 Å². The third-order valence-corrected chi connectivity index (χ3v) is 3.65. The molecular formula is C16H18N4O. The van der Waals surface area contributed by atoms with Crippen molar-refractivity contribution in [2.24, 2.45) is 0 Å². The number of anilines is 1. The van der Waals surface area contributed by atoms with Crippen LogP contribution in [0.2, 0.25) is 0 Å². The van der Waals surface area contributed by atoms with E-state index < -0.39 is 0 Å². The molecule has 0 bridgehead atoms. The molecule has 5 heteroatoms. The van der Waals surface area contributed by atoms with Crippen molar-refractivity contribution >= 4 is 16.9 Å². The van der Waals surface area contributed by atoms with Gasteiger partial charge in [0.25, 0.3) is 0 Å². The molecule has 3 aromatic rings. The Bertz CT molecular complexity index is 765. The Morgan fingerprint density at radius 2 is 1.90 bits per heavy atom. The van der Waals surface area contributed by atoms with Gasteiger partial charge < -0.3 is 14.6 Å².